The second-order valence-corrected chi connectivity index (χ2v) is 8.46. The first-order valence-corrected chi connectivity index (χ1v) is 10.3. The van der Waals surface area contributed by atoms with Gasteiger partial charge in [-0.25, -0.2) is 0 Å². The van der Waals surface area contributed by atoms with Crippen LogP contribution < -0.4 is 0 Å². The Balaban J connectivity index is 0.00000182. The molecule has 3 aliphatic carbocycles. The van der Waals surface area contributed by atoms with Crippen LogP contribution in [0.2, 0.25) is 0 Å². The summed E-state index contributed by atoms with van der Waals surface area (Å²) in [7, 11) is 0. The minimum Gasteiger partial charge on any atom is -0.392 e. The van der Waals surface area contributed by atoms with E-state index in [4.69, 9.17) is 9.51 Å². The molecule has 4 nitrogen and oxygen atoms in total. The number of nitrogens with zero attached hydrogens (tertiary/aromatic N) is 2. The van der Waals surface area contributed by atoms with Crippen LogP contribution in [0.5, 0.6) is 0 Å². The molecule has 3 aliphatic rings. The molecule has 3 saturated carbocycles. The molecule has 0 aliphatic heterocycles. The number of aromatic nitrogens is 2. The topological polar surface area (TPSA) is 59.2 Å². The zero-order chi connectivity index (χ0) is 16.4. The molecule has 4 rings (SSSR count). The van der Waals surface area contributed by atoms with Gasteiger partial charge >= 0.3 is 0 Å². The van der Waals surface area contributed by atoms with Crippen molar-refractivity contribution in [2.75, 3.05) is 0 Å². The monoisotopic (exact) mass is 396 g/mol. The molecule has 1 heterocycles. The van der Waals surface area contributed by atoms with Crippen molar-refractivity contribution in [3.05, 3.63) is 11.7 Å². The number of aliphatic hydroxyl groups excluding tert-OH is 1. The van der Waals surface area contributed by atoms with Gasteiger partial charge in [0.25, 0.3) is 0 Å². The molecule has 3 fully saturated rings. The van der Waals surface area contributed by atoms with Crippen LogP contribution in [0.1, 0.15) is 107 Å². The van der Waals surface area contributed by atoms with E-state index in [2.05, 4.69) is 5.16 Å². The standard InChI is InChI=1S/C20H32N2O2.Zn/c23-18-9-5-4-8-17(18)20-21-19(22-24-20)16-12-10-15(11-13-16)14-6-2-1-3-7-14;/h14-18,23H,1-13H2;. The molecule has 0 saturated heterocycles. The number of rotatable bonds is 3. The van der Waals surface area contributed by atoms with Gasteiger partial charge in [0, 0.05) is 25.4 Å². The number of aliphatic hydroxyl groups is 1. The maximum Gasteiger partial charge on any atom is 0.232 e. The van der Waals surface area contributed by atoms with Gasteiger partial charge < -0.3 is 9.63 Å². The van der Waals surface area contributed by atoms with Crippen LogP contribution in [-0.2, 0) is 19.5 Å². The molecule has 1 aromatic heterocycles. The van der Waals surface area contributed by atoms with E-state index in [0.29, 0.717) is 11.8 Å². The third-order valence-electron chi connectivity index (χ3n) is 6.96. The van der Waals surface area contributed by atoms with Gasteiger partial charge in [-0.15, -0.1) is 0 Å². The zero-order valence-electron chi connectivity index (χ0n) is 15.5. The van der Waals surface area contributed by atoms with Crippen molar-refractivity contribution in [2.45, 2.75) is 101 Å². The summed E-state index contributed by atoms with van der Waals surface area (Å²) in [5.41, 5.74) is 0. The normalized spacial score (nSPS) is 34.4. The molecule has 25 heavy (non-hydrogen) atoms. The van der Waals surface area contributed by atoms with E-state index in [1.165, 1.54) is 57.8 Å². The van der Waals surface area contributed by atoms with Crippen LogP contribution in [0.4, 0.5) is 0 Å². The first-order valence-electron chi connectivity index (χ1n) is 10.3. The number of hydrogen-bond donors (Lipinski definition) is 1. The van der Waals surface area contributed by atoms with Crippen molar-refractivity contribution in [3.63, 3.8) is 0 Å². The molecule has 2 unspecified atom stereocenters. The minimum absolute atomic E-state index is 0. The Kier molecular flexibility index (Phi) is 7.08. The van der Waals surface area contributed by atoms with Crippen molar-refractivity contribution in [3.8, 4) is 0 Å². The third-order valence-corrected chi connectivity index (χ3v) is 6.96. The summed E-state index contributed by atoms with van der Waals surface area (Å²) < 4.78 is 5.55. The molecule has 1 N–H and O–H groups in total. The van der Waals surface area contributed by atoms with Gasteiger partial charge in [0.2, 0.25) is 5.89 Å². The summed E-state index contributed by atoms with van der Waals surface area (Å²) in [6.07, 6.45) is 16.2. The molecule has 136 valence electrons. The van der Waals surface area contributed by atoms with Crippen molar-refractivity contribution >= 4 is 0 Å². The van der Waals surface area contributed by atoms with E-state index in [0.717, 1.165) is 43.3 Å². The molecular formula is C20H32N2O2Zn. The summed E-state index contributed by atoms with van der Waals surface area (Å²) >= 11 is 0. The summed E-state index contributed by atoms with van der Waals surface area (Å²) in [5, 5.41) is 14.5. The average molecular weight is 398 g/mol. The van der Waals surface area contributed by atoms with E-state index < -0.39 is 0 Å². The first kappa shape index (κ1) is 19.5. The Bertz CT molecular complexity index is 522. The zero-order valence-corrected chi connectivity index (χ0v) is 18.5. The van der Waals surface area contributed by atoms with Crippen molar-refractivity contribution in [1.29, 1.82) is 0 Å². The minimum atomic E-state index is -0.297. The fourth-order valence-corrected chi connectivity index (χ4v) is 5.42. The van der Waals surface area contributed by atoms with Crippen molar-refractivity contribution in [2.24, 2.45) is 11.8 Å². The van der Waals surface area contributed by atoms with Crippen LogP contribution in [-0.4, -0.2) is 21.4 Å². The molecule has 0 bridgehead atoms. The quantitative estimate of drug-likeness (QED) is 0.734. The molecule has 1 aromatic rings. The molecular weight excluding hydrogens is 366 g/mol. The summed E-state index contributed by atoms with van der Waals surface area (Å²) in [6, 6.07) is 0. The van der Waals surface area contributed by atoms with E-state index in [-0.39, 0.29) is 31.5 Å². The third kappa shape index (κ3) is 4.53. The van der Waals surface area contributed by atoms with Gasteiger partial charge in [-0.05, 0) is 50.4 Å². The fourth-order valence-electron chi connectivity index (χ4n) is 5.42. The number of hydrogen-bond acceptors (Lipinski definition) is 4. The largest absolute Gasteiger partial charge is 0.392 e. The SMILES string of the molecule is OC1CCCCC1c1nc(C2CCC(C3CCCCC3)CC2)no1.[Zn]. The van der Waals surface area contributed by atoms with Gasteiger partial charge in [-0.3, -0.25) is 0 Å². The Morgan fingerprint density at radius 3 is 2.12 bits per heavy atom. The fraction of sp³-hybridized carbons (Fsp3) is 0.900. The second kappa shape index (κ2) is 9.08. The van der Waals surface area contributed by atoms with Gasteiger partial charge in [-0.2, -0.15) is 4.98 Å². The van der Waals surface area contributed by atoms with E-state index in [9.17, 15) is 5.11 Å². The van der Waals surface area contributed by atoms with E-state index >= 15 is 0 Å². The molecule has 0 spiro atoms. The summed E-state index contributed by atoms with van der Waals surface area (Å²) in [4.78, 5) is 4.71. The van der Waals surface area contributed by atoms with Gasteiger partial charge in [0.05, 0.1) is 12.0 Å². The molecule has 0 amide bonds. The van der Waals surface area contributed by atoms with Gasteiger partial charge in [0.1, 0.15) is 0 Å². The van der Waals surface area contributed by atoms with E-state index in [1.807, 2.05) is 0 Å². The van der Waals surface area contributed by atoms with Crippen LogP contribution >= 0.6 is 0 Å². The molecule has 0 radical (unpaired) electrons. The Hall–Kier alpha value is -0.277. The maximum absolute atomic E-state index is 10.2. The smallest absolute Gasteiger partial charge is 0.232 e. The van der Waals surface area contributed by atoms with Crippen LogP contribution in [0.25, 0.3) is 0 Å². The molecule has 5 heteroatoms. The predicted molar refractivity (Wildman–Crippen MR) is 92.8 cm³/mol. The molecule has 0 aromatic carbocycles. The van der Waals surface area contributed by atoms with Crippen LogP contribution in [0.15, 0.2) is 4.52 Å². The van der Waals surface area contributed by atoms with Gasteiger partial charge in [-0.1, -0.05) is 50.1 Å². The second-order valence-electron chi connectivity index (χ2n) is 8.46. The van der Waals surface area contributed by atoms with Crippen LogP contribution in [0, 0.1) is 11.8 Å². The Labute approximate surface area is 164 Å². The maximum atomic E-state index is 10.2. The van der Waals surface area contributed by atoms with Crippen molar-refractivity contribution in [1.82, 2.24) is 10.1 Å². The van der Waals surface area contributed by atoms with Crippen molar-refractivity contribution < 1.29 is 29.1 Å². The summed E-state index contributed by atoms with van der Waals surface area (Å²) in [6.45, 7) is 0. The molecule has 2 atom stereocenters. The Morgan fingerprint density at radius 1 is 0.760 bits per heavy atom. The van der Waals surface area contributed by atoms with E-state index in [1.54, 1.807) is 0 Å². The first-order chi connectivity index (χ1) is 11.8. The Morgan fingerprint density at radius 2 is 1.40 bits per heavy atom. The predicted octanol–water partition coefficient (Wildman–Crippen LogP) is 4.94. The summed E-state index contributed by atoms with van der Waals surface area (Å²) in [5.74, 6) is 4.06. The van der Waals surface area contributed by atoms with Gasteiger partial charge in [0.15, 0.2) is 5.82 Å². The average Bonchev–Trinajstić information content (AvgIpc) is 3.13. The van der Waals surface area contributed by atoms with Crippen LogP contribution in [0.3, 0.4) is 0 Å².